The van der Waals surface area contributed by atoms with E-state index in [0.717, 1.165) is 12.8 Å². The lowest BCUT2D eigenvalue weighted by atomic mass is 10.3. The number of alkyl halides is 1. The van der Waals surface area contributed by atoms with Gasteiger partial charge in [0.05, 0.1) is 0 Å². The van der Waals surface area contributed by atoms with Crippen LogP contribution in [0.3, 0.4) is 0 Å². The average molecular weight is 162 g/mol. The molecule has 0 bridgehead atoms. The van der Waals surface area contributed by atoms with Crippen LogP contribution in [0.2, 0.25) is 0 Å². The predicted octanol–water partition coefficient (Wildman–Crippen LogP) is 1.28. The minimum absolute atomic E-state index is 0.0787. The lowest BCUT2D eigenvalue weighted by molar-refractivity contribution is -0.121. The van der Waals surface area contributed by atoms with Gasteiger partial charge in [0.25, 0.3) is 0 Å². The van der Waals surface area contributed by atoms with Gasteiger partial charge in [0.1, 0.15) is 0 Å². The minimum Gasteiger partial charge on any atom is -0.351 e. The second-order valence-electron chi connectivity index (χ2n) is 3.05. The van der Waals surface area contributed by atoms with Crippen LogP contribution in [0.15, 0.2) is 0 Å². The Kier molecular flexibility index (Phi) is 2.19. The van der Waals surface area contributed by atoms with Gasteiger partial charge in [-0.15, -0.1) is 11.6 Å². The number of halogens is 1. The molecule has 1 rings (SSSR count). The molecule has 0 aromatic heterocycles. The Morgan fingerprint density at radius 2 is 2.30 bits per heavy atom. The van der Waals surface area contributed by atoms with Gasteiger partial charge < -0.3 is 5.32 Å². The molecule has 1 aliphatic carbocycles. The first-order valence-corrected chi connectivity index (χ1v) is 4.07. The minimum atomic E-state index is 0.0787. The molecule has 1 saturated carbocycles. The fraction of sp³-hybridized carbons (Fsp3) is 0.857. The summed E-state index contributed by atoms with van der Waals surface area (Å²) in [6.07, 6.45) is 2.67. The SMILES string of the molecule is CC1(NC(=O)CCCl)CC1. The maximum atomic E-state index is 10.9. The van der Waals surface area contributed by atoms with Crippen molar-refractivity contribution in [1.29, 1.82) is 0 Å². The summed E-state index contributed by atoms with van der Waals surface area (Å²) < 4.78 is 0. The summed E-state index contributed by atoms with van der Waals surface area (Å²) in [6.45, 7) is 2.05. The molecule has 0 aromatic rings. The second kappa shape index (κ2) is 2.79. The van der Waals surface area contributed by atoms with Gasteiger partial charge in [0.15, 0.2) is 0 Å². The van der Waals surface area contributed by atoms with Crippen LogP contribution in [-0.2, 0) is 4.79 Å². The van der Waals surface area contributed by atoms with Crippen molar-refractivity contribution in [1.82, 2.24) is 5.32 Å². The monoisotopic (exact) mass is 161 g/mol. The summed E-state index contributed by atoms with van der Waals surface area (Å²) in [5.41, 5.74) is 0.114. The van der Waals surface area contributed by atoms with E-state index in [9.17, 15) is 4.79 Å². The Labute approximate surface area is 65.9 Å². The van der Waals surface area contributed by atoms with Crippen molar-refractivity contribution in [2.75, 3.05) is 5.88 Å². The molecule has 10 heavy (non-hydrogen) atoms. The molecule has 1 aliphatic rings. The highest BCUT2D eigenvalue weighted by molar-refractivity contribution is 6.18. The van der Waals surface area contributed by atoms with E-state index in [0.29, 0.717) is 12.3 Å². The van der Waals surface area contributed by atoms with E-state index < -0.39 is 0 Å². The Morgan fingerprint density at radius 1 is 1.70 bits per heavy atom. The molecule has 0 atom stereocenters. The van der Waals surface area contributed by atoms with Crippen LogP contribution in [-0.4, -0.2) is 17.3 Å². The van der Waals surface area contributed by atoms with Crippen molar-refractivity contribution in [2.45, 2.75) is 31.7 Å². The molecule has 0 saturated heterocycles. The first-order chi connectivity index (χ1) is 4.66. The van der Waals surface area contributed by atoms with E-state index in [1.165, 1.54) is 0 Å². The summed E-state index contributed by atoms with van der Waals surface area (Å²) >= 11 is 5.38. The number of hydrogen-bond acceptors (Lipinski definition) is 1. The average Bonchev–Trinajstić information content (AvgIpc) is 2.48. The fourth-order valence-electron chi connectivity index (χ4n) is 0.797. The normalized spacial score (nSPS) is 20.2. The van der Waals surface area contributed by atoms with Gasteiger partial charge in [-0.3, -0.25) is 4.79 Å². The van der Waals surface area contributed by atoms with Gasteiger partial charge in [-0.05, 0) is 19.8 Å². The van der Waals surface area contributed by atoms with Gasteiger partial charge >= 0.3 is 0 Å². The molecule has 0 aromatic carbocycles. The predicted molar refractivity (Wildman–Crippen MR) is 41.1 cm³/mol. The smallest absolute Gasteiger partial charge is 0.221 e. The van der Waals surface area contributed by atoms with Gasteiger partial charge in [-0.2, -0.15) is 0 Å². The molecule has 0 heterocycles. The van der Waals surface area contributed by atoms with Crippen LogP contribution >= 0.6 is 11.6 Å². The number of nitrogens with one attached hydrogen (secondary N) is 1. The topological polar surface area (TPSA) is 29.1 Å². The molecule has 1 amide bonds. The summed E-state index contributed by atoms with van der Waals surface area (Å²) in [6, 6.07) is 0. The zero-order valence-electron chi connectivity index (χ0n) is 6.11. The molecule has 2 nitrogen and oxygen atoms in total. The molecule has 58 valence electrons. The molecule has 1 N–H and O–H groups in total. The Morgan fingerprint density at radius 3 is 2.70 bits per heavy atom. The summed E-state index contributed by atoms with van der Waals surface area (Å²) in [5, 5.41) is 2.91. The van der Waals surface area contributed by atoms with Crippen molar-refractivity contribution >= 4 is 17.5 Å². The van der Waals surface area contributed by atoms with Crippen molar-refractivity contribution in [3.63, 3.8) is 0 Å². The van der Waals surface area contributed by atoms with Crippen LogP contribution < -0.4 is 5.32 Å². The van der Waals surface area contributed by atoms with Crippen molar-refractivity contribution < 1.29 is 4.79 Å². The number of rotatable bonds is 3. The third-order valence-corrected chi connectivity index (χ3v) is 1.95. The standard InChI is InChI=1S/C7H12ClNO/c1-7(3-4-7)9-6(10)2-5-8/h2-5H2,1H3,(H,9,10). The van der Waals surface area contributed by atoms with E-state index in [-0.39, 0.29) is 11.4 Å². The van der Waals surface area contributed by atoms with E-state index in [1.54, 1.807) is 0 Å². The lowest BCUT2D eigenvalue weighted by Gasteiger charge is -2.09. The molecule has 1 fully saturated rings. The van der Waals surface area contributed by atoms with Gasteiger partial charge in [0, 0.05) is 17.8 Å². The van der Waals surface area contributed by atoms with Gasteiger partial charge in [-0.1, -0.05) is 0 Å². The van der Waals surface area contributed by atoms with Crippen LogP contribution in [0.25, 0.3) is 0 Å². The van der Waals surface area contributed by atoms with Gasteiger partial charge in [0.2, 0.25) is 5.91 Å². The fourth-order valence-corrected chi connectivity index (χ4v) is 0.969. The third-order valence-electron chi connectivity index (χ3n) is 1.76. The zero-order valence-corrected chi connectivity index (χ0v) is 6.87. The van der Waals surface area contributed by atoms with Gasteiger partial charge in [-0.25, -0.2) is 0 Å². The molecule has 0 radical (unpaired) electrons. The van der Waals surface area contributed by atoms with Crippen molar-refractivity contribution in [3.8, 4) is 0 Å². The highest BCUT2D eigenvalue weighted by Crippen LogP contribution is 2.34. The number of carbonyl (C=O) groups is 1. The largest absolute Gasteiger partial charge is 0.351 e. The van der Waals surface area contributed by atoms with Crippen LogP contribution in [0.1, 0.15) is 26.2 Å². The Balaban J connectivity index is 2.18. The molecule has 0 aliphatic heterocycles. The molecule has 3 heteroatoms. The summed E-state index contributed by atoms with van der Waals surface area (Å²) in [5.74, 6) is 0.497. The first-order valence-electron chi connectivity index (χ1n) is 3.53. The quantitative estimate of drug-likeness (QED) is 0.621. The summed E-state index contributed by atoms with van der Waals surface area (Å²) in [4.78, 5) is 10.9. The zero-order chi connectivity index (χ0) is 7.61. The van der Waals surface area contributed by atoms with Crippen LogP contribution in [0, 0.1) is 0 Å². The van der Waals surface area contributed by atoms with Crippen LogP contribution in [0.4, 0.5) is 0 Å². The lowest BCUT2D eigenvalue weighted by Crippen LogP contribution is -2.34. The van der Waals surface area contributed by atoms with Crippen molar-refractivity contribution in [3.05, 3.63) is 0 Å². The molecular formula is C7H12ClNO. The molecular weight excluding hydrogens is 150 g/mol. The first kappa shape index (κ1) is 7.86. The molecule has 0 unspecified atom stereocenters. The van der Waals surface area contributed by atoms with Crippen molar-refractivity contribution in [2.24, 2.45) is 0 Å². The Hall–Kier alpha value is -0.240. The van der Waals surface area contributed by atoms with E-state index in [4.69, 9.17) is 11.6 Å². The highest BCUT2D eigenvalue weighted by Gasteiger charge is 2.38. The third kappa shape index (κ3) is 2.18. The van der Waals surface area contributed by atoms with E-state index in [1.807, 2.05) is 0 Å². The maximum Gasteiger partial charge on any atom is 0.221 e. The molecule has 0 spiro atoms. The number of carbonyl (C=O) groups excluding carboxylic acids is 1. The maximum absolute atomic E-state index is 10.9. The highest BCUT2D eigenvalue weighted by atomic mass is 35.5. The number of hydrogen-bond donors (Lipinski definition) is 1. The van der Waals surface area contributed by atoms with Crippen LogP contribution in [0.5, 0.6) is 0 Å². The second-order valence-corrected chi connectivity index (χ2v) is 3.43. The van der Waals surface area contributed by atoms with E-state index in [2.05, 4.69) is 12.2 Å². The number of amides is 1. The Bertz CT molecular complexity index is 143. The van der Waals surface area contributed by atoms with E-state index >= 15 is 0 Å². The summed E-state index contributed by atoms with van der Waals surface area (Å²) in [7, 11) is 0.